The van der Waals surface area contributed by atoms with Gasteiger partial charge in [0.15, 0.2) is 11.5 Å². The summed E-state index contributed by atoms with van der Waals surface area (Å²) in [6, 6.07) is 9.88. The molecule has 2 aromatic heterocycles. The Bertz CT molecular complexity index is 2220. The Kier molecular flexibility index (Phi) is 16.8. The van der Waals surface area contributed by atoms with Crippen LogP contribution in [0.4, 0.5) is 9.59 Å². The van der Waals surface area contributed by atoms with Gasteiger partial charge in [0.05, 0.1) is 63.3 Å². The lowest BCUT2D eigenvalue weighted by molar-refractivity contribution is -0.138. The maximum Gasteiger partial charge on any atom is 0.407 e. The lowest BCUT2D eigenvalue weighted by Crippen LogP contribution is -2.53. The predicted molar refractivity (Wildman–Crippen MR) is 242 cm³/mol. The smallest absolute Gasteiger partial charge is 0.407 e. The maximum atomic E-state index is 13.8. The van der Waals surface area contributed by atoms with E-state index in [0.717, 1.165) is 48.1 Å². The van der Waals surface area contributed by atoms with E-state index in [4.69, 9.17) is 38.4 Å². The highest BCUT2D eigenvalue weighted by Crippen LogP contribution is 2.46. The number of nitrogens with zero attached hydrogens (tertiary/aromatic N) is 4. The summed E-state index contributed by atoms with van der Waals surface area (Å²) in [5.41, 5.74) is 4.73. The second kappa shape index (κ2) is 22.7. The number of rotatable bonds is 19. The quantitative estimate of drug-likeness (QED) is 0.0728. The number of nitrogens with one attached hydrogen (secondary N) is 4. The molecule has 0 spiro atoms. The van der Waals surface area contributed by atoms with Crippen LogP contribution in [0.15, 0.2) is 48.8 Å². The molecule has 2 aliphatic heterocycles. The summed E-state index contributed by atoms with van der Waals surface area (Å²) in [6.07, 6.45) is 6.24. The van der Waals surface area contributed by atoms with Gasteiger partial charge in [-0.25, -0.2) is 19.6 Å². The van der Waals surface area contributed by atoms with Gasteiger partial charge in [-0.05, 0) is 67.2 Å². The van der Waals surface area contributed by atoms with Crippen molar-refractivity contribution in [2.24, 2.45) is 11.8 Å². The number of hydrogen-bond donors (Lipinski definition) is 4. The van der Waals surface area contributed by atoms with Crippen molar-refractivity contribution in [3.8, 4) is 45.1 Å². The Labute approximate surface area is 380 Å². The molecule has 4 aromatic rings. The molecule has 2 saturated heterocycles. The molecule has 0 saturated carbocycles. The molecule has 4 amide bonds. The standard InChI is InChI=1S/C47H64N8O10/c1-28(2)38(52-46(58)62-7)44(56)54-20-10-9-12-36(54)42-48-26-34(50-42)31-16-14-30(15-17-31)32-18-19-33(41(65-25-23-61-6)40(32)64-24-22-60-5)35-27-49-43(51-35)37-13-11-21-55(37)45(57)39(29(3)4)53-47(59)63-8/h14-19,26-29,36-39H,9-13,20-25H2,1-8H3,(H,48,50)(H,49,51)(H,52,58)(H,53,59)/t36-,37-,38-,39-/m0/s1. The molecule has 0 bridgehead atoms. The zero-order valence-electron chi connectivity index (χ0n) is 38.7. The summed E-state index contributed by atoms with van der Waals surface area (Å²) in [5, 5.41) is 5.42. The van der Waals surface area contributed by atoms with E-state index in [1.807, 2.05) is 69.0 Å². The number of amides is 4. The third-order valence-corrected chi connectivity index (χ3v) is 11.9. The summed E-state index contributed by atoms with van der Waals surface area (Å²) in [7, 11) is 5.79. The van der Waals surface area contributed by atoms with Crippen molar-refractivity contribution < 1.29 is 47.6 Å². The molecule has 4 N–H and O–H groups in total. The fraction of sp³-hybridized carbons (Fsp3) is 0.532. The van der Waals surface area contributed by atoms with Crippen molar-refractivity contribution in [3.63, 3.8) is 0 Å². The number of aromatic nitrogens is 4. The minimum Gasteiger partial charge on any atom is -0.487 e. The third kappa shape index (κ3) is 11.4. The molecule has 4 heterocycles. The second-order valence-electron chi connectivity index (χ2n) is 16.9. The van der Waals surface area contributed by atoms with E-state index in [9.17, 15) is 19.2 Å². The molecule has 2 aliphatic rings. The van der Waals surface area contributed by atoms with E-state index >= 15 is 0 Å². The number of carbonyl (C=O) groups excluding carboxylic acids is 4. The molecule has 6 rings (SSSR count). The minimum atomic E-state index is -0.754. The Morgan fingerprint density at radius 2 is 1.08 bits per heavy atom. The number of carbonyl (C=O) groups is 4. The van der Waals surface area contributed by atoms with Crippen LogP contribution in [0.25, 0.3) is 33.6 Å². The van der Waals surface area contributed by atoms with Gasteiger partial charge in [0.1, 0.15) is 36.9 Å². The molecule has 18 heteroatoms. The molecule has 352 valence electrons. The summed E-state index contributed by atoms with van der Waals surface area (Å²) >= 11 is 0. The number of alkyl carbamates (subject to hydrolysis) is 2. The average Bonchev–Trinajstić information content (AvgIpc) is 4.12. The number of hydrogen-bond acceptors (Lipinski definition) is 12. The van der Waals surface area contributed by atoms with Crippen molar-refractivity contribution in [2.45, 2.75) is 84.0 Å². The number of likely N-dealkylation sites (tertiary alicyclic amines) is 2. The van der Waals surface area contributed by atoms with Gasteiger partial charge < -0.3 is 58.8 Å². The van der Waals surface area contributed by atoms with Crippen LogP contribution < -0.4 is 20.1 Å². The molecule has 0 aliphatic carbocycles. The first-order valence-electron chi connectivity index (χ1n) is 22.3. The molecule has 65 heavy (non-hydrogen) atoms. The Balaban J connectivity index is 1.29. The molecule has 0 unspecified atom stereocenters. The zero-order chi connectivity index (χ0) is 46.6. The molecular formula is C47H64N8O10. The SMILES string of the molecule is COCCOc1c(-c2ccc(-c3cnc([C@@H]4CCCCN4C(=O)[C@@H](NC(=O)OC)C(C)C)[nH]3)cc2)ccc(-c2cnc([C@@H]3CCCN3C(=O)[C@@H](NC(=O)OC)C(C)C)[nH]2)c1OCCOC. The van der Waals surface area contributed by atoms with Crippen molar-refractivity contribution in [1.29, 1.82) is 0 Å². The van der Waals surface area contributed by atoms with E-state index in [0.29, 0.717) is 67.1 Å². The Morgan fingerprint density at radius 1 is 0.615 bits per heavy atom. The van der Waals surface area contributed by atoms with Crippen molar-refractivity contribution >= 4 is 24.0 Å². The van der Waals surface area contributed by atoms with Crippen LogP contribution in [0.3, 0.4) is 0 Å². The fourth-order valence-electron chi connectivity index (χ4n) is 8.42. The highest BCUT2D eigenvalue weighted by atomic mass is 16.6. The van der Waals surface area contributed by atoms with Crippen LogP contribution in [0.5, 0.6) is 11.5 Å². The highest BCUT2D eigenvalue weighted by molar-refractivity contribution is 5.87. The average molecular weight is 901 g/mol. The number of methoxy groups -OCH3 is 4. The second-order valence-corrected chi connectivity index (χ2v) is 16.9. The number of aromatic amines is 2. The van der Waals surface area contributed by atoms with E-state index in [-0.39, 0.29) is 48.9 Å². The monoisotopic (exact) mass is 900 g/mol. The lowest BCUT2D eigenvalue weighted by atomic mass is 9.97. The van der Waals surface area contributed by atoms with Gasteiger partial charge in [0, 0.05) is 38.4 Å². The lowest BCUT2D eigenvalue weighted by Gasteiger charge is -2.37. The van der Waals surface area contributed by atoms with E-state index in [2.05, 4.69) is 20.6 Å². The van der Waals surface area contributed by atoms with Gasteiger partial charge in [0.2, 0.25) is 11.8 Å². The summed E-state index contributed by atoms with van der Waals surface area (Å²) in [5.74, 6) is 1.65. The fourth-order valence-corrected chi connectivity index (χ4v) is 8.42. The number of ether oxygens (including phenoxy) is 6. The molecular weight excluding hydrogens is 837 g/mol. The molecule has 18 nitrogen and oxygen atoms in total. The van der Waals surface area contributed by atoms with Gasteiger partial charge >= 0.3 is 12.2 Å². The van der Waals surface area contributed by atoms with Crippen LogP contribution in [0.2, 0.25) is 0 Å². The third-order valence-electron chi connectivity index (χ3n) is 11.9. The Morgan fingerprint density at radius 3 is 1.60 bits per heavy atom. The summed E-state index contributed by atoms with van der Waals surface area (Å²) in [6.45, 7) is 9.82. The van der Waals surface area contributed by atoms with E-state index < -0.39 is 24.3 Å². The highest BCUT2D eigenvalue weighted by Gasteiger charge is 2.39. The van der Waals surface area contributed by atoms with Gasteiger partial charge in [-0.2, -0.15) is 0 Å². The van der Waals surface area contributed by atoms with Gasteiger partial charge in [-0.15, -0.1) is 0 Å². The van der Waals surface area contributed by atoms with Crippen LogP contribution in [-0.4, -0.2) is 134 Å². The van der Waals surface area contributed by atoms with Crippen molar-refractivity contribution in [1.82, 2.24) is 40.4 Å². The first-order chi connectivity index (χ1) is 31.4. The zero-order valence-corrected chi connectivity index (χ0v) is 38.7. The van der Waals surface area contributed by atoms with E-state index in [1.165, 1.54) is 14.2 Å². The maximum absolute atomic E-state index is 13.8. The molecule has 2 aromatic carbocycles. The van der Waals surface area contributed by atoms with Gasteiger partial charge in [0.25, 0.3) is 0 Å². The normalized spacial score (nSPS) is 17.2. The number of benzene rings is 2. The van der Waals surface area contributed by atoms with Crippen molar-refractivity contribution in [3.05, 3.63) is 60.4 Å². The van der Waals surface area contributed by atoms with Crippen LogP contribution in [0.1, 0.15) is 83.5 Å². The van der Waals surface area contributed by atoms with Gasteiger partial charge in [-0.3, -0.25) is 9.59 Å². The van der Waals surface area contributed by atoms with E-state index in [1.54, 1.807) is 31.5 Å². The summed E-state index contributed by atoms with van der Waals surface area (Å²) in [4.78, 5) is 72.0. The molecule has 4 atom stereocenters. The minimum absolute atomic E-state index is 0.141. The molecule has 0 radical (unpaired) electrons. The topological polar surface area (TPSA) is 212 Å². The van der Waals surface area contributed by atoms with Crippen LogP contribution in [0, 0.1) is 11.8 Å². The summed E-state index contributed by atoms with van der Waals surface area (Å²) < 4.78 is 33.3. The molecule has 2 fully saturated rings. The van der Waals surface area contributed by atoms with Crippen LogP contribution >= 0.6 is 0 Å². The number of piperidine rings is 1. The largest absolute Gasteiger partial charge is 0.487 e. The number of imidazole rings is 2. The first-order valence-corrected chi connectivity index (χ1v) is 22.3. The first kappa shape index (κ1) is 48.3. The van der Waals surface area contributed by atoms with Crippen molar-refractivity contribution in [2.75, 3.05) is 68.0 Å². The Hall–Kier alpha value is -6.14. The number of H-pyrrole nitrogens is 2. The van der Waals surface area contributed by atoms with Crippen LogP contribution in [-0.2, 0) is 28.5 Å². The van der Waals surface area contributed by atoms with Gasteiger partial charge in [-0.1, -0.05) is 52.0 Å². The predicted octanol–water partition coefficient (Wildman–Crippen LogP) is 6.66.